The van der Waals surface area contributed by atoms with E-state index in [4.69, 9.17) is 0 Å². The van der Waals surface area contributed by atoms with Gasteiger partial charge in [-0.2, -0.15) is 0 Å². The van der Waals surface area contributed by atoms with E-state index in [-0.39, 0.29) is 0 Å². The number of piperidine rings is 1. The molecular formula is C13H26N2O2. The van der Waals surface area contributed by atoms with Gasteiger partial charge in [-0.25, -0.2) is 0 Å². The molecule has 0 aromatic rings. The van der Waals surface area contributed by atoms with Gasteiger partial charge in [-0.1, -0.05) is 20.8 Å². The lowest BCUT2D eigenvalue weighted by Gasteiger charge is -2.40. The third kappa shape index (κ3) is 3.96. The number of carboxylic acids is 1. The van der Waals surface area contributed by atoms with Crippen molar-refractivity contribution in [1.82, 2.24) is 10.2 Å². The summed E-state index contributed by atoms with van der Waals surface area (Å²) in [5.74, 6) is -0.0360. The molecule has 1 saturated heterocycles. The normalized spacial score (nSPS) is 20.7. The smallest absolute Gasteiger partial charge is 0.323 e. The lowest BCUT2D eigenvalue weighted by Crippen LogP contribution is -2.58. The van der Waals surface area contributed by atoms with E-state index in [1.54, 1.807) is 0 Å². The van der Waals surface area contributed by atoms with Gasteiger partial charge in [0.25, 0.3) is 0 Å². The average Bonchev–Trinajstić information content (AvgIpc) is 2.27. The number of carbonyl (C=O) groups is 1. The van der Waals surface area contributed by atoms with E-state index >= 15 is 0 Å². The number of hydrogen-bond acceptors (Lipinski definition) is 3. The van der Waals surface area contributed by atoms with Crippen molar-refractivity contribution >= 4 is 5.97 Å². The Labute approximate surface area is 104 Å². The summed E-state index contributed by atoms with van der Waals surface area (Å²) in [4.78, 5) is 13.8. The topological polar surface area (TPSA) is 52.6 Å². The van der Waals surface area contributed by atoms with Crippen LogP contribution in [0.2, 0.25) is 0 Å². The number of carboxylic acid groups (broad SMARTS) is 1. The molecule has 0 spiro atoms. The summed E-state index contributed by atoms with van der Waals surface area (Å²) in [6.45, 7) is 10.1. The predicted octanol–water partition coefficient (Wildman–Crippen LogP) is 1.56. The van der Waals surface area contributed by atoms with Gasteiger partial charge >= 0.3 is 5.97 Å². The van der Waals surface area contributed by atoms with Crippen LogP contribution in [0.3, 0.4) is 0 Å². The van der Waals surface area contributed by atoms with E-state index in [0.29, 0.717) is 5.92 Å². The summed E-state index contributed by atoms with van der Waals surface area (Å²) in [7, 11) is 0. The summed E-state index contributed by atoms with van der Waals surface area (Å²) in [6, 6.07) is 0. The fourth-order valence-corrected chi connectivity index (χ4v) is 2.46. The predicted molar refractivity (Wildman–Crippen MR) is 69.2 cm³/mol. The molecule has 0 aromatic heterocycles. The van der Waals surface area contributed by atoms with Crippen LogP contribution in [0.1, 0.15) is 40.0 Å². The largest absolute Gasteiger partial charge is 0.480 e. The van der Waals surface area contributed by atoms with Crippen LogP contribution in [0, 0.1) is 5.92 Å². The summed E-state index contributed by atoms with van der Waals surface area (Å²) in [5, 5.41) is 12.6. The SMILES string of the molecule is CCCNC1(C(=O)O)CCN(CC(C)C)CC1. The molecule has 1 heterocycles. The maximum Gasteiger partial charge on any atom is 0.323 e. The van der Waals surface area contributed by atoms with Crippen molar-refractivity contribution in [3.8, 4) is 0 Å². The number of hydrogen-bond donors (Lipinski definition) is 2. The molecule has 0 amide bonds. The zero-order chi connectivity index (χ0) is 12.9. The highest BCUT2D eigenvalue weighted by atomic mass is 16.4. The minimum atomic E-state index is -0.685. The molecule has 4 heteroatoms. The van der Waals surface area contributed by atoms with Crippen molar-refractivity contribution < 1.29 is 9.90 Å². The van der Waals surface area contributed by atoms with Crippen LogP contribution in [0.25, 0.3) is 0 Å². The van der Waals surface area contributed by atoms with Gasteiger partial charge in [0.05, 0.1) is 0 Å². The first-order valence-corrected chi connectivity index (χ1v) is 6.71. The fraction of sp³-hybridized carbons (Fsp3) is 0.923. The molecule has 0 atom stereocenters. The van der Waals surface area contributed by atoms with Crippen molar-refractivity contribution in [2.24, 2.45) is 5.92 Å². The van der Waals surface area contributed by atoms with E-state index in [1.807, 2.05) is 0 Å². The van der Waals surface area contributed by atoms with Crippen LogP contribution < -0.4 is 5.32 Å². The van der Waals surface area contributed by atoms with Gasteiger partial charge < -0.3 is 15.3 Å². The molecule has 0 radical (unpaired) electrons. The first-order chi connectivity index (χ1) is 8.00. The first kappa shape index (κ1) is 14.5. The minimum Gasteiger partial charge on any atom is -0.480 e. The molecular weight excluding hydrogens is 216 g/mol. The van der Waals surface area contributed by atoms with Crippen molar-refractivity contribution in [1.29, 1.82) is 0 Å². The molecule has 1 aliphatic rings. The Morgan fingerprint density at radius 3 is 2.41 bits per heavy atom. The highest BCUT2D eigenvalue weighted by molar-refractivity contribution is 5.79. The maximum atomic E-state index is 11.4. The molecule has 4 nitrogen and oxygen atoms in total. The Hall–Kier alpha value is -0.610. The highest BCUT2D eigenvalue weighted by Crippen LogP contribution is 2.23. The second kappa shape index (κ2) is 6.36. The highest BCUT2D eigenvalue weighted by Gasteiger charge is 2.40. The number of rotatable bonds is 6. The molecule has 1 rings (SSSR count). The number of nitrogens with zero attached hydrogens (tertiary/aromatic N) is 1. The molecule has 0 aliphatic carbocycles. The van der Waals surface area contributed by atoms with Gasteiger partial charge in [0, 0.05) is 19.6 Å². The average molecular weight is 242 g/mol. The second-order valence-electron chi connectivity index (χ2n) is 5.51. The molecule has 1 aliphatic heterocycles. The Morgan fingerprint density at radius 2 is 2.00 bits per heavy atom. The molecule has 1 fully saturated rings. The number of likely N-dealkylation sites (tertiary alicyclic amines) is 1. The second-order valence-corrected chi connectivity index (χ2v) is 5.51. The van der Waals surface area contributed by atoms with Crippen LogP contribution >= 0.6 is 0 Å². The number of aliphatic carboxylic acids is 1. The molecule has 0 unspecified atom stereocenters. The van der Waals surface area contributed by atoms with Crippen LogP contribution in [-0.2, 0) is 4.79 Å². The third-order valence-corrected chi connectivity index (χ3v) is 3.46. The van der Waals surface area contributed by atoms with Gasteiger partial charge in [0.15, 0.2) is 0 Å². The Kier molecular flexibility index (Phi) is 5.40. The van der Waals surface area contributed by atoms with Crippen molar-refractivity contribution in [2.45, 2.75) is 45.6 Å². The standard InChI is InChI=1S/C13H26N2O2/c1-4-7-14-13(12(16)17)5-8-15(9-6-13)10-11(2)3/h11,14H,4-10H2,1-3H3,(H,16,17). The summed E-state index contributed by atoms with van der Waals surface area (Å²) < 4.78 is 0. The lowest BCUT2D eigenvalue weighted by atomic mass is 9.87. The molecule has 0 saturated carbocycles. The number of nitrogens with one attached hydrogen (secondary N) is 1. The Morgan fingerprint density at radius 1 is 1.41 bits per heavy atom. The van der Waals surface area contributed by atoms with E-state index < -0.39 is 11.5 Å². The van der Waals surface area contributed by atoms with Crippen molar-refractivity contribution in [3.63, 3.8) is 0 Å². The monoisotopic (exact) mass is 242 g/mol. The van der Waals surface area contributed by atoms with Gasteiger partial charge in [-0.05, 0) is 31.7 Å². The van der Waals surface area contributed by atoms with Gasteiger partial charge in [-0.3, -0.25) is 4.79 Å². The Bertz CT molecular complexity index is 246. The van der Waals surface area contributed by atoms with E-state index in [1.165, 1.54) is 0 Å². The zero-order valence-corrected chi connectivity index (χ0v) is 11.3. The molecule has 100 valence electrons. The van der Waals surface area contributed by atoms with E-state index in [2.05, 4.69) is 31.0 Å². The summed E-state index contributed by atoms with van der Waals surface area (Å²) in [6.07, 6.45) is 2.41. The Balaban J connectivity index is 2.52. The first-order valence-electron chi connectivity index (χ1n) is 6.71. The zero-order valence-electron chi connectivity index (χ0n) is 11.3. The lowest BCUT2D eigenvalue weighted by molar-refractivity contribution is -0.147. The van der Waals surface area contributed by atoms with Crippen LogP contribution in [0.5, 0.6) is 0 Å². The van der Waals surface area contributed by atoms with Crippen LogP contribution in [-0.4, -0.2) is 47.7 Å². The van der Waals surface area contributed by atoms with Crippen LogP contribution in [0.15, 0.2) is 0 Å². The van der Waals surface area contributed by atoms with E-state index in [9.17, 15) is 9.90 Å². The summed E-state index contributed by atoms with van der Waals surface area (Å²) >= 11 is 0. The van der Waals surface area contributed by atoms with Gasteiger partial charge in [-0.15, -0.1) is 0 Å². The third-order valence-electron chi connectivity index (χ3n) is 3.46. The fourth-order valence-electron chi connectivity index (χ4n) is 2.46. The van der Waals surface area contributed by atoms with Crippen molar-refractivity contribution in [3.05, 3.63) is 0 Å². The molecule has 0 bridgehead atoms. The molecule has 17 heavy (non-hydrogen) atoms. The quantitative estimate of drug-likeness (QED) is 0.742. The molecule has 2 N–H and O–H groups in total. The van der Waals surface area contributed by atoms with Gasteiger partial charge in [0.1, 0.15) is 5.54 Å². The maximum absolute atomic E-state index is 11.4. The molecule has 0 aromatic carbocycles. The van der Waals surface area contributed by atoms with Crippen molar-refractivity contribution in [2.75, 3.05) is 26.2 Å². The van der Waals surface area contributed by atoms with Crippen LogP contribution in [0.4, 0.5) is 0 Å². The minimum absolute atomic E-state index is 0.649. The van der Waals surface area contributed by atoms with E-state index in [0.717, 1.165) is 45.4 Å². The van der Waals surface area contributed by atoms with Gasteiger partial charge in [0.2, 0.25) is 0 Å². The summed E-state index contributed by atoms with van der Waals surface area (Å²) in [5.41, 5.74) is -0.677.